The number of carbonyl (C=O) groups excluding carboxylic acids is 2. The molecule has 1 atom stereocenters. The summed E-state index contributed by atoms with van der Waals surface area (Å²) < 4.78 is 47.3. The van der Waals surface area contributed by atoms with Gasteiger partial charge < -0.3 is 15.0 Å². The number of nitrogens with zero attached hydrogens (tertiary/aromatic N) is 2. The van der Waals surface area contributed by atoms with Crippen LogP contribution in [0.4, 0.5) is 10.1 Å². The van der Waals surface area contributed by atoms with Crippen molar-refractivity contribution in [3.63, 3.8) is 0 Å². The van der Waals surface area contributed by atoms with Gasteiger partial charge in [0.05, 0.1) is 17.7 Å². The molecule has 3 aromatic rings. The first-order valence-electron chi connectivity index (χ1n) is 12.6. The Balaban J connectivity index is 2.05. The Morgan fingerprint density at radius 2 is 1.56 bits per heavy atom. The van der Waals surface area contributed by atoms with Crippen LogP contribution in [-0.2, 0) is 26.2 Å². The third kappa shape index (κ3) is 7.57. The lowest BCUT2D eigenvalue weighted by atomic mass is 10.1. The number of hydrogen-bond acceptors (Lipinski definition) is 5. The van der Waals surface area contributed by atoms with E-state index in [2.05, 4.69) is 5.32 Å². The molecular weight excluding hydrogens is 521 g/mol. The first kappa shape index (κ1) is 29.6. The lowest BCUT2D eigenvalue weighted by Gasteiger charge is -2.33. The number of hydrogen-bond donors (Lipinski definition) is 1. The molecule has 8 nitrogen and oxygen atoms in total. The molecule has 0 fully saturated rings. The topological polar surface area (TPSA) is 96.0 Å². The number of rotatable bonds is 12. The van der Waals surface area contributed by atoms with Gasteiger partial charge in [-0.2, -0.15) is 0 Å². The normalized spacial score (nSPS) is 12.1. The van der Waals surface area contributed by atoms with Crippen LogP contribution in [0.1, 0.15) is 32.8 Å². The van der Waals surface area contributed by atoms with E-state index in [9.17, 15) is 22.4 Å². The van der Waals surface area contributed by atoms with E-state index in [1.54, 1.807) is 49.4 Å². The number of carbonyl (C=O) groups is 2. The number of sulfonamides is 1. The van der Waals surface area contributed by atoms with Crippen LogP contribution in [0.5, 0.6) is 5.75 Å². The maximum absolute atomic E-state index is 13.9. The quantitative estimate of drug-likeness (QED) is 0.358. The van der Waals surface area contributed by atoms with Crippen molar-refractivity contribution >= 4 is 27.5 Å². The summed E-state index contributed by atoms with van der Waals surface area (Å²) in [5, 5.41) is 2.84. The van der Waals surface area contributed by atoms with E-state index in [4.69, 9.17) is 4.74 Å². The van der Waals surface area contributed by atoms with E-state index in [0.29, 0.717) is 17.7 Å². The highest BCUT2D eigenvalue weighted by atomic mass is 32.2. The molecule has 0 saturated carbocycles. The fourth-order valence-electron chi connectivity index (χ4n) is 4.08. The second-order valence-corrected chi connectivity index (χ2v) is 11.1. The Morgan fingerprint density at radius 3 is 2.10 bits per heavy atom. The first-order valence-corrected chi connectivity index (χ1v) is 14.1. The van der Waals surface area contributed by atoms with Crippen molar-refractivity contribution in [2.24, 2.45) is 0 Å². The average Bonchev–Trinajstić information content (AvgIpc) is 2.92. The molecule has 1 N–H and O–H groups in total. The highest BCUT2D eigenvalue weighted by Gasteiger charge is 2.33. The standard InChI is InChI=1S/C29H34FN3O5S/c1-5-27(29(35)31-21(2)3)32(19-22-11-13-23(30)14-12-22)28(34)20-33(24-15-17-25(38-4)18-16-24)39(36,37)26-9-7-6-8-10-26/h6-18,21,27H,5,19-20H2,1-4H3,(H,31,35)/t27-/m1/s1. The molecule has 0 aliphatic carbocycles. The average molecular weight is 556 g/mol. The van der Waals surface area contributed by atoms with Crippen molar-refractivity contribution in [1.82, 2.24) is 10.2 Å². The van der Waals surface area contributed by atoms with Crippen molar-refractivity contribution in [2.45, 2.75) is 50.7 Å². The van der Waals surface area contributed by atoms with Crippen LogP contribution in [-0.4, -0.2) is 50.9 Å². The summed E-state index contributed by atoms with van der Waals surface area (Å²) in [5.41, 5.74) is 0.858. The Morgan fingerprint density at radius 1 is 0.949 bits per heavy atom. The molecule has 0 aliphatic heterocycles. The van der Waals surface area contributed by atoms with Gasteiger partial charge >= 0.3 is 0 Å². The monoisotopic (exact) mass is 555 g/mol. The molecule has 208 valence electrons. The van der Waals surface area contributed by atoms with Crippen molar-refractivity contribution < 1.29 is 27.1 Å². The van der Waals surface area contributed by atoms with Crippen LogP contribution in [0.25, 0.3) is 0 Å². The van der Waals surface area contributed by atoms with Gasteiger partial charge in [-0.1, -0.05) is 37.3 Å². The van der Waals surface area contributed by atoms with Crippen molar-refractivity contribution in [2.75, 3.05) is 18.0 Å². The minimum absolute atomic E-state index is 0.00896. The van der Waals surface area contributed by atoms with E-state index in [-0.39, 0.29) is 29.1 Å². The van der Waals surface area contributed by atoms with Crippen molar-refractivity contribution in [3.05, 3.63) is 90.2 Å². The zero-order valence-corrected chi connectivity index (χ0v) is 23.3. The lowest BCUT2D eigenvalue weighted by Crippen LogP contribution is -2.53. The third-order valence-electron chi connectivity index (χ3n) is 6.05. The summed E-state index contributed by atoms with van der Waals surface area (Å²) in [4.78, 5) is 28.4. The molecule has 0 radical (unpaired) electrons. The number of halogens is 1. The van der Waals surface area contributed by atoms with E-state index < -0.39 is 34.3 Å². The molecule has 0 saturated heterocycles. The Labute approximate surface area is 229 Å². The van der Waals surface area contributed by atoms with Gasteiger partial charge in [0.2, 0.25) is 11.8 Å². The number of methoxy groups -OCH3 is 1. The van der Waals surface area contributed by atoms with Gasteiger partial charge in [-0.3, -0.25) is 13.9 Å². The van der Waals surface area contributed by atoms with Gasteiger partial charge in [-0.05, 0) is 74.4 Å². The second-order valence-electron chi connectivity index (χ2n) is 9.26. The summed E-state index contributed by atoms with van der Waals surface area (Å²) in [6.07, 6.45) is 0.291. The van der Waals surface area contributed by atoms with Gasteiger partial charge in [-0.25, -0.2) is 12.8 Å². The summed E-state index contributed by atoms with van der Waals surface area (Å²) in [6, 6.07) is 18.7. The summed E-state index contributed by atoms with van der Waals surface area (Å²) in [5.74, 6) is -0.845. The summed E-state index contributed by atoms with van der Waals surface area (Å²) in [6.45, 7) is 4.84. The van der Waals surface area contributed by atoms with E-state index in [0.717, 1.165) is 4.31 Å². The molecule has 3 rings (SSSR count). The molecule has 10 heteroatoms. The fourth-order valence-corrected chi connectivity index (χ4v) is 5.52. The fraction of sp³-hybridized carbons (Fsp3) is 0.310. The number of benzene rings is 3. The van der Waals surface area contributed by atoms with Gasteiger partial charge in [0.15, 0.2) is 0 Å². The molecule has 0 spiro atoms. The minimum atomic E-state index is -4.16. The zero-order valence-electron chi connectivity index (χ0n) is 22.5. The van der Waals surface area contributed by atoms with Crippen molar-refractivity contribution in [1.29, 1.82) is 0 Å². The maximum Gasteiger partial charge on any atom is 0.264 e. The summed E-state index contributed by atoms with van der Waals surface area (Å²) in [7, 11) is -2.66. The Kier molecular flexibility index (Phi) is 10.1. The zero-order chi connectivity index (χ0) is 28.6. The van der Waals surface area contributed by atoms with Crippen LogP contribution in [0, 0.1) is 5.82 Å². The smallest absolute Gasteiger partial charge is 0.264 e. The number of anilines is 1. The molecule has 3 aromatic carbocycles. The summed E-state index contributed by atoms with van der Waals surface area (Å²) >= 11 is 0. The molecule has 0 bridgehead atoms. The van der Waals surface area contributed by atoms with Crippen LogP contribution in [0.2, 0.25) is 0 Å². The predicted octanol–water partition coefficient (Wildman–Crippen LogP) is 4.36. The minimum Gasteiger partial charge on any atom is -0.497 e. The largest absolute Gasteiger partial charge is 0.497 e. The first-order chi connectivity index (χ1) is 18.6. The lowest BCUT2D eigenvalue weighted by molar-refractivity contribution is -0.140. The highest BCUT2D eigenvalue weighted by molar-refractivity contribution is 7.92. The Bertz CT molecular complexity index is 1350. The van der Waals surface area contributed by atoms with E-state index in [1.807, 2.05) is 13.8 Å². The van der Waals surface area contributed by atoms with Gasteiger partial charge in [0, 0.05) is 12.6 Å². The van der Waals surface area contributed by atoms with Crippen LogP contribution in [0.3, 0.4) is 0 Å². The van der Waals surface area contributed by atoms with Crippen LogP contribution < -0.4 is 14.4 Å². The van der Waals surface area contributed by atoms with Crippen molar-refractivity contribution in [3.8, 4) is 5.75 Å². The number of amides is 2. The van der Waals surface area contributed by atoms with Gasteiger partial charge in [0.25, 0.3) is 10.0 Å². The van der Waals surface area contributed by atoms with E-state index in [1.165, 1.54) is 48.4 Å². The molecule has 0 heterocycles. The highest BCUT2D eigenvalue weighted by Crippen LogP contribution is 2.26. The van der Waals surface area contributed by atoms with Gasteiger partial charge in [-0.15, -0.1) is 0 Å². The number of ether oxygens (including phenoxy) is 1. The molecular formula is C29H34FN3O5S. The molecule has 39 heavy (non-hydrogen) atoms. The van der Waals surface area contributed by atoms with Crippen LogP contribution >= 0.6 is 0 Å². The maximum atomic E-state index is 13.9. The SMILES string of the molecule is CC[C@H](C(=O)NC(C)C)N(Cc1ccc(F)cc1)C(=O)CN(c1ccc(OC)cc1)S(=O)(=O)c1ccccc1. The molecule has 0 unspecified atom stereocenters. The molecule has 0 aliphatic rings. The number of nitrogens with one attached hydrogen (secondary N) is 1. The molecule has 2 amide bonds. The van der Waals surface area contributed by atoms with Crippen LogP contribution in [0.15, 0.2) is 83.8 Å². The molecule has 0 aromatic heterocycles. The predicted molar refractivity (Wildman–Crippen MR) is 148 cm³/mol. The Hall–Kier alpha value is -3.92. The second kappa shape index (κ2) is 13.2. The van der Waals surface area contributed by atoms with E-state index >= 15 is 0 Å². The third-order valence-corrected chi connectivity index (χ3v) is 7.84. The van der Waals surface area contributed by atoms with Gasteiger partial charge in [0.1, 0.15) is 24.2 Å².